The van der Waals surface area contributed by atoms with Gasteiger partial charge in [-0.05, 0) is 40.5 Å². The van der Waals surface area contributed by atoms with Gasteiger partial charge in [-0.3, -0.25) is 0 Å². The zero-order valence-corrected chi connectivity index (χ0v) is 12.1. The van der Waals surface area contributed by atoms with Crippen molar-refractivity contribution in [3.63, 3.8) is 0 Å². The van der Waals surface area contributed by atoms with E-state index in [1.165, 1.54) is 19.3 Å². The molecule has 0 fully saturated rings. The molecule has 0 saturated heterocycles. The predicted octanol–water partition coefficient (Wildman–Crippen LogP) is 5.17. The van der Waals surface area contributed by atoms with Gasteiger partial charge in [0.2, 0.25) is 0 Å². The number of hydrogen-bond acceptors (Lipinski definition) is 1. The minimum absolute atomic E-state index is 0.801. The Labute approximate surface area is 108 Å². The Morgan fingerprint density at radius 3 is 2.67 bits per heavy atom. The molecule has 0 saturated carbocycles. The van der Waals surface area contributed by atoms with Crippen LogP contribution in [0.15, 0.2) is 27.1 Å². The second-order valence-corrected chi connectivity index (χ2v) is 5.25. The van der Waals surface area contributed by atoms with Crippen LogP contribution >= 0.6 is 31.9 Å². The molecular formula is C12H16Br2O. The first-order chi connectivity index (χ1) is 7.24. The maximum absolute atomic E-state index is 5.69. The van der Waals surface area contributed by atoms with Crippen molar-refractivity contribution in [1.82, 2.24) is 0 Å². The number of halogens is 2. The molecule has 0 radical (unpaired) electrons. The van der Waals surface area contributed by atoms with Gasteiger partial charge < -0.3 is 4.74 Å². The fourth-order valence-corrected chi connectivity index (χ4v) is 2.00. The highest BCUT2D eigenvalue weighted by molar-refractivity contribution is 9.11. The van der Waals surface area contributed by atoms with Gasteiger partial charge in [0.15, 0.2) is 0 Å². The van der Waals surface area contributed by atoms with E-state index in [-0.39, 0.29) is 0 Å². The van der Waals surface area contributed by atoms with Gasteiger partial charge in [-0.15, -0.1) is 0 Å². The molecule has 3 heteroatoms. The van der Waals surface area contributed by atoms with Gasteiger partial charge in [0.25, 0.3) is 0 Å². The average Bonchev–Trinajstić information content (AvgIpc) is 2.23. The standard InChI is InChI=1S/C12H16Br2O/c1-2-3-4-5-8-15-12-9-10(13)6-7-11(12)14/h6-7,9H,2-5,8H2,1H3. The van der Waals surface area contributed by atoms with E-state index in [1.807, 2.05) is 18.2 Å². The quantitative estimate of drug-likeness (QED) is 0.651. The maximum atomic E-state index is 5.69. The molecule has 0 N–H and O–H groups in total. The van der Waals surface area contributed by atoms with E-state index in [4.69, 9.17) is 4.74 Å². The number of unbranched alkanes of at least 4 members (excludes halogenated alkanes) is 3. The first-order valence-corrected chi connectivity index (χ1v) is 6.90. The van der Waals surface area contributed by atoms with Crippen molar-refractivity contribution in [2.75, 3.05) is 6.61 Å². The van der Waals surface area contributed by atoms with Crippen LogP contribution in [-0.4, -0.2) is 6.61 Å². The summed E-state index contributed by atoms with van der Waals surface area (Å²) in [6.07, 6.45) is 4.94. The minimum Gasteiger partial charge on any atom is -0.492 e. The lowest BCUT2D eigenvalue weighted by atomic mass is 10.2. The maximum Gasteiger partial charge on any atom is 0.134 e. The Morgan fingerprint density at radius 1 is 1.13 bits per heavy atom. The highest BCUT2D eigenvalue weighted by Gasteiger charge is 2.01. The van der Waals surface area contributed by atoms with E-state index in [0.717, 1.165) is 27.7 Å². The summed E-state index contributed by atoms with van der Waals surface area (Å²) in [6, 6.07) is 5.98. The highest BCUT2D eigenvalue weighted by Crippen LogP contribution is 2.28. The molecule has 0 atom stereocenters. The molecule has 0 aliphatic carbocycles. The van der Waals surface area contributed by atoms with E-state index in [9.17, 15) is 0 Å². The summed E-state index contributed by atoms with van der Waals surface area (Å²) < 4.78 is 7.75. The van der Waals surface area contributed by atoms with Crippen LogP contribution in [-0.2, 0) is 0 Å². The third kappa shape index (κ3) is 5.03. The van der Waals surface area contributed by atoms with Gasteiger partial charge in [-0.25, -0.2) is 0 Å². The largest absolute Gasteiger partial charge is 0.492 e. The van der Waals surface area contributed by atoms with Gasteiger partial charge in [-0.2, -0.15) is 0 Å². The van der Waals surface area contributed by atoms with Gasteiger partial charge in [0.1, 0.15) is 5.75 Å². The Morgan fingerprint density at radius 2 is 1.93 bits per heavy atom. The first kappa shape index (κ1) is 13.0. The second-order valence-electron chi connectivity index (χ2n) is 3.48. The van der Waals surface area contributed by atoms with Crippen LogP contribution in [0.25, 0.3) is 0 Å². The summed E-state index contributed by atoms with van der Waals surface area (Å²) in [4.78, 5) is 0. The van der Waals surface area contributed by atoms with Gasteiger partial charge >= 0.3 is 0 Å². The summed E-state index contributed by atoms with van der Waals surface area (Å²) in [5, 5.41) is 0. The molecule has 1 nitrogen and oxygen atoms in total. The van der Waals surface area contributed by atoms with Crippen molar-refractivity contribution in [2.45, 2.75) is 32.6 Å². The SMILES string of the molecule is CCCCCCOc1cc(Br)ccc1Br. The van der Waals surface area contributed by atoms with Crippen molar-refractivity contribution in [1.29, 1.82) is 0 Å². The molecule has 1 aromatic carbocycles. The first-order valence-electron chi connectivity index (χ1n) is 5.32. The molecule has 0 aromatic heterocycles. The zero-order valence-electron chi connectivity index (χ0n) is 8.93. The van der Waals surface area contributed by atoms with Crippen molar-refractivity contribution in [2.24, 2.45) is 0 Å². The van der Waals surface area contributed by atoms with E-state index in [2.05, 4.69) is 38.8 Å². The van der Waals surface area contributed by atoms with Crippen molar-refractivity contribution in [3.05, 3.63) is 27.1 Å². The minimum atomic E-state index is 0.801. The van der Waals surface area contributed by atoms with Crippen LogP contribution in [0.4, 0.5) is 0 Å². The number of rotatable bonds is 6. The molecule has 1 aromatic rings. The summed E-state index contributed by atoms with van der Waals surface area (Å²) in [7, 11) is 0. The van der Waals surface area contributed by atoms with E-state index in [1.54, 1.807) is 0 Å². The number of ether oxygens (including phenoxy) is 1. The molecule has 84 valence electrons. The third-order valence-electron chi connectivity index (χ3n) is 2.15. The summed E-state index contributed by atoms with van der Waals surface area (Å²) in [6.45, 7) is 3.01. The smallest absolute Gasteiger partial charge is 0.134 e. The van der Waals surface area contributed by atoms with Crippen LogP contribution in [0.1, 0.15) is 32.6 Å². The molecule has 0 aliphatic heterocycles. The van der Waals surface area contributed by atoms with Crippen molar-refractivity contribution in [3.8, 4) is 5.75 Å². The van der Waals surface area contributed by atoms with Crippen LogP contribution in [0.5, 0.6) is 5.75 Å². The number of benzene rings is 1. The Kier molecular flexibility index (Phi) is 6.34. The molecule has 1 rings (SSSR count). The Bertz CT molecular complexity index is 300. The Balaban J connectivity index is 2.33. The van der Waals surface area contributed by atoms with Crippen LogP contribution < -0.4 is 4.74 Å². The van der Waals surface area contributed by atoms with Crippen LogP contribution in [0, 0.1) is 0 Å². The van der Waals surface area contributed by atoms with E-state index < -0.39 is 0 Å². The molecule has 0 bridgehead atoms. The molecule has 15 heavy (non-hydrogen) atoms. The molecule has 0 aliphatic rings. The molecule has 0 spiro atoms. The monoisotopic (exact) mass is 334 g/mol. The molecule has 0 amide bonds. The molecule has 0 heterocycles. The summed E-state index contributed by atoms with van der Waals surface area (Å²) in [5.74, 6) is 0.917. The van der Waals surface area contributed by atoms with E-state index in [0.29, 0.717) is 0 Å². The van der Waals surface area contributed by atoms with Crippen molar-refractivity contribution >= 4 is 31.9 Å². The van der Waals surface area contributed by atoms with Gasteiger partial charge in [0.05, 0.1) is 11.1 Å². The molecule has 0 unspecified atom stereocenters. The number of hydrogen-bond donors (Lipinski definition) is 0. The summed E-state index contributed by atoms with van der Waals surface area (Å²) >= 11 is 6.90. The van der Waals surface area contributed by atoms with E-state index >= 15 is 0 Å². The van der Waals surface area contributed by atoms with Gasteiger partial charge in [0, 0.05) is 4.47 Å². The van der Waals surface area contributed by atoms with Crippen LogP contribution in [0.2, 0.25) is 0 Å². The Hall–Kier alpha value is -0.0200. The average molecular weight is 336 g/mol. The van der Waals surface area contributed by atoms with Crippen LogP contribution in [0.3, 0.4) is 0 Å². The lowest BCUT2D eigenvalue weighted by Gasteiger charge is -2.08. The lowest BCUT2D eigenvalue weighted by Crippen LogP contribution is -1.97. The topological polar surface area (TPSA) is 9.23 Å². The lowest BCUT2D eigenvalue weighted by molar-refractivity contribution is 0.303. The highest BCUT2D eigenvalue weighted by atomic mass is 79.9. The fraction of sp³-hybridized carbons (Fsp3) is 0.500. The zero-order chi connectivity index (χ0) is 11.1. The second kappa shape index (κ2) is 7.29. The van der Waals surface area contributed by atoms with Crippen molar-refractivity contribution < 1.29 is 4.74 Å². The summed E-state index contributed by atoms with van der Waals surface area (Å²) in [5.41, 5.74) is 0. The third-order valence-corrected chi connectivity index (χ3v) is 3.30. The van der Waals surface area contributed by atoms with Gasteiger partial charge in [-0.1, -0.05) is 42.1 Å². The normalized spacial score (nSPS) is 10.3. The molecular weight excluding hydrogens is 320 g/mol. The fourth-order valence-electron chi connectivity index (χ4n) is 1.30. The predicted molar refractivity (Wildman–Crippen MR) is 71.5 cm³/mol.